The van der Waals surface area contributed by atoms with Crippen molar-refractivity contribution in [1.82, 2.24) is 5.32 Å². The Labute approximate surface area is 539 Å². The van der Waals surface area contributed by atoms with Crippen molar-refractivity contribution in [1.29, 1.82) is 0 Å². The van der Waals surface area contributed by atoms with E-state index in [1.165, 1.54) is 385 Å². The number of carbonyl (C=O) groups excluding carboxylic acids is 2. The maximum atomic E-state index is 12.5. The molecule has 0 rings (SSSR count). The first-order chi connectivity index (χ1) is 42.5. The van der Waals surface area contributed by atoms with Crippen molar-refractivity contribution >= 4 is 11.9 Å². The first kappa shape index (κ1) is 84.3. The molecule has 0 fully saturated rings. The van der Waals surface area contributed by atoms with E-state index in [2.05, 4.69) is 31.3 Å². The van der Waals surface area contributed by atoms with E-state index >= 15 is 0 Å². The smallest absolute Gasteiger partial charge is 0.305 e. The molecule has 0 bridgehead atoms. The predicted octanol–water partition coefficient (Wildman–Crippen LogP) is 26.0. The molecule has 1 amide bonds. The summed E-state index contributed by atoms with van der Waals surface area (Å²) in [6.07, 6.45) is 97.2. The van der Waals surface area contributed by atoms with Crippen LogP contribution in [0.1, 0.15) is 450 Å². The number of aliphatic hydroxyl groups excluding tert-OH is 2. The van der Waals surface area contributed by atoms with Crippen LogP contribution in [0.5, 0.6) is 0 Å². The van der Waals surface area contributed by atoms with Gasteiger partial charge in [0.25, 0.3) is 0 Å². The first-order valence-corrected chi connectivity index (χ1v) is 39.6. The van der Waals surface area contributed by atoms with Gasteiger partial charge in [-0.25, -0.2) is 0 Å². The average molecular weight is 1210 g/mol. The lowest BCUT2D eigenvalue weighted by molar-refractivity contribution is -0.143. The number of unbranched alkanes of at least 4 members (excludes halogenated alkanes) is 62. The van der Waals surface area contributed by atoms with Crippen molar-refractivity contribution in [3.05, 3.63) is 24.3 Å². The number of carbonyl (C=O) groups is 2. The van der Waals surface area contributed by atoms with E-state index in [1.807, 2.05) is 6.08 Å². The van der Waals surface area contributed by atoms with Crippen LogP contribution in [-0.4, -0.2) is 47.4 Å². The number of esters is 1. The van der Waals surface area contributed by atoms with E-state index in [0.29, 0.717) is 19.4 Å². The van der Waals surface area contributed by atoms with Crippen LogP contribution in [-0.2, 0) is 14.3 Å². The molecule has 0 aliphatic rings. The lowest BCUT2D eigenvalue weighted by Gasteiger charge is -2.20. The second-order valence-electron chi connectivity index (χ2n) is 27.4. The third-order valence-corrected chi connectivity index (χ3v) is 18.7. The van der Waals surface area contributed by atoms with Gasteiger partial charge in [-0.1, -0.05) is 404 Å². The highest BCUT2D eigenvalue weighted by Crippen LogP contribution is 2.20. The second-order valence-corrected chi connectivity index (χ2v) is 27.4. The van der Waals surface area contributed by atoms with Gasteiger partial charge in [-0.05, 0) is 57.8 Å². The van der Waals surface area contributed by atoms with Crippen molar-refractivity contribution in [2.24, 2.45) is 0 Å². The molecule has 0 radical (unpaired) electrons. The molecule has 0 saturated heterocycles. The molecule has 510 valence electrons. The summed E-state index contributed by atoms with van der Waals surface area (Å²) in [7, 11) is 0. The fourth-order valence-electron chi connectivity index (χ4n) is 12.7. The van der Waals surface area contributed by atoms with Gasteiger partial charge in [-0.15, -0.1) is 0 Å². The molecule has 0 saturated carbocycles. The number of allylic oxidation sites excluding steroid dienone is 3. The molecule has 0 aromatic rings. The topological polar surface area (TPSA) is 95.9 Å². The number of amides is 1. The molecule has 2 unspecified atom stereocenters. The highest BCUT2D eigenvalue weighted by atomic mass is 16.5. The van der Waals surface area contributed by atoms with E-state index in [-0.39, 0.29) is 18.5 Å². The van der Waals surface area contributed by atoms with Gasteiger partial charge in [-0.3, -0.25) is 9.59 Å². The van der Waals surface area contributed by atoms with Crippen LogP contribution < -0.4 is 5.32 Å². The van der Waals surface area contributed by atoms with Gasteiger partial charge in [0.1, 0.15) is 0 Å². The summed E-state index contributed by atoms with van der Waals surface area (Å²) in [6.45, 7) is 4.95. The maximum Gasteiger partial charge on any atom is 0.305 e. The van der Waals surface area contributed by atoms with Crippen molar-refractivity contribution in [2.45, 2.75) is 463 Å². The minimum absolute atomic E-state index is 0.0192. The Kier molecular flexibility index (Phi) is 74.3. The Balaban J connectivity index is 3.35. The zero-order chi connectivity index (χ0) is 62.0. The zero-order valence-electron chi connectivity index (χ0n) is 58.6. The molecule has 0 aromatic heterocycles. The number of nitrogens with one attached hydrogen (secondary N) is 1. The molecule has 3 N–H and O–H groups in total. The molecule has 0 heterocycles. The van der Waals surface area contributed by atoms with Crippen LogP contribution in [0.4, 0.5) is 0 Å². The van der Waals surface area contributed by atoms with Crippen LogP contribution in [0.3, 0.4) is 0 Å². The van der Waals surface area contributed by atoms with E-state index in [9.17, 15) is 19.8 Å². The highest BCUT2D eigenvalue weighted by molar-refractivity contribution is 5.76. The van der Waals surface area contributed by atoms with Gasteiger partial charge in [0, 0.05) is 12.8 Å². The summed E-state index contributed by atoms with van der Waals surface area (Å²) in [6, 6.07) is -0.627. The van der Waals surface area contributed by atoms with Crippen LogP contribution in [0.25, 0.3) is 0 Å². The van der Waals surface area contributed by atoms with Crippen LogP contribution in [0, 0.1) is 0 Å². The minimum Gasteiger partial charge on any atom is -0.466 e. The number of ether oxygens (including phenoxy) is 1. The maximum absolute atomic E-state index is 12.5. The Morgan fingerprint density at radius 3 is 0.826 bits per heavy atom. The molecule has 86 heavy (non-hydrogen) atoms. The molecule has 0 aliphatic heterocycles. The molecular formula is C80H155NO5. The fourth-order valence-corrected chi connectivity index (χ4v) is 12.7. The summed E-state index contributed by atoms with van der Waals surface area (Å²) >= 11 is 0. The van der Waals surface area contributed by atoms with Gasteiger partial charge in [0.05, 0.1) is 25.4 Å². The predicted molar refractivity (Wildman–Crippen MR) is 380 cm³/mol. The van der Waals surface area contributed by atoms with E-state index in [1.54, 1.807) is 6.08 Å². The molecule has 6 heteroatoms. The van der Waals surface area contributed by atoms with Crippen molar-refractivity contribution in [3.63, 3.8) is 0 Å². The monoisotopic (exact) mass is 1210 g/mol. The number of hydrogen-bond acceptors (Lipinski definition) is 5. The highest BCUT2D eigenvalue weighted by Gasteiger charge is 2.18. The molecular weight excluding hydrogens is 1050 g/mol. The summed E-state index contributed by atoms with van der Waals surface area (Å²) in [5.41, 5.74) is 0. The quantitative estimate of drug-likeness (QED) is 0.0320. The Morgan fingerprint density at radius 1 is 0.314 bits per heavy atom. The lowest BCUT2D eigenvalue weighted by atomic mass is 10.0. The Hall–Kier alpha value is -1.66. The van der Waals surface area contributed by atoms with Gasteiger partial charge in [0.2, 0.25) is 5.91 Å². The van der Waals surface area contributed by atoms with Gasteiger partial charge in [-0.2, -0.15) is 0 Å². The standard InChI is InChI=1S/C80H155NO5/c1-3-5-7-9-11-13-15-17-19-21-23-24-33-37-40-44-48-52-56-60-64-68-72-78(83)77(76-82)81-79(84)73-69-65-61-57-53-49-45-41-38-34-31-29-27-25-26-28-30-32-35-39-43-47-51-55-59-63-67-71-75-86-80(85)74-70-66-62-58-54-50-46-42-36-22-20-18-16-14-12-10-8-6-4-2/h18,20,68,72,77-78,82-83H,3-17,19,21-67,69-71,73-76H2,1-2H3,(H,81,84)/b20-18-,72-68+. The van der Waals surface area contributed by atoms with E-state index < -0.39 is 12.1 Å². The first-order valence-electron chi connectivity index (χ1n) is 39.6. The minimum atomic E-state index is -0.843. The third kappa shape index (κ3) is 71.4. The molecule has 0 spiro atoms. The SMILES string of the molecule is CCCCCCCC/C=C\CCCCCCCCCCCC(=O)OCCCCCCCCCCCCCCCCCCCCCCCCCCCCCCC(=O)NC(CO)C(O)/C=C/CCCCCCCCCCCCCCCCCCCCCC. The molecule has 2 atom stereocenters. The van der Waals surface area contributed by atoms with Crippen LogP contribution in [0.2, 0.25) is 0 Å². The molecule has 0 aromatic carbocycles. The lowest BCUT2D eigenvalue weighted by Crippen LogP contribution is -2.45. The summed E-state index contributed by atoms with van der Waals surface area (Å²) in [5.74, 6) is -0.0406. The van der Waals surface area contributed by atoms with Gasteiger partial charge < -0.3 is 20.3 Å². The normalized spacial score (nSPS) is 12.6. The number of rotatable bonds is 75. The van der Waals surface area contributed by atoms with Gasteiger partial charge in [0.15, 0.2) is 0 Å². The van der Waals surface area contributed by atoms with Gasteiger partial charge >= 0.3 is 5.97 Å². The number of aliphatic hydroxyl groups is 2. The fraction of sp³-hybridized carbons (Fsp3) is 0.925. The van der Waals surface area contributed by atoms with Crippen LogP contribution in [0.15, 0.2) is 24.3 Å². The average Bonchev–Trinajstić information content (AvgIpc) is 3.53. The van der Waals surface area contributed by atoms with Crippen LogP contribution >= 0.6 is 0 Å². The van der Waals surface area contributed by atoms with E-state index in [4.69, 9.17) is 4.74 Å². The zero-order valence-corrected chi connectivity index (χ0v) is 58.6. The molecule has 6 nitrogen and oxygen atoms in total. The Bertz CT molecular complexity index is 1350. The third-order valence-electron chi connectivity index (χ3n) is 18.7. The summed E-state index contributed by atoms with van der Waals surface area (Å²) in [5, 5.41) is 23.3. The van der Waals surface area contributed by atoms with E-state index in [0.717, 1.165) is 38.5 Å². The van der Waals surface area contributed by atoms with Crippen molar-refractivity contribution < 1.29 is 24.5 Å². The van der Waals surface area contributed by atoms with Crippen molar-refractivity contribution in [3.8, 4) is 0 Å². The summed E-state index contributed by atoms with van der Waals surface area (Å²) in [4.78, 5) is 24.7. The molecule has 0 aliphatic carbocycles. The van der Waals surface area contributed by atoms with Crippen molar-refractivity contribution in [2.75, 3.05) is 13.2 Å². The number of hydrogen-bond donors (Lipinski definition) is 3. The second kappa shape index (κ2) is 75.8. The Morgan fingerprint density at radius 2 is 0.547 bits per heavy atom. The summed E-state index contributed by atoms with van der Waals surface area (Å²) < 4.78 is 5.52. The largest absolute Gasteiger partial charge is 0.466 e.